The van der Waals surface area contributed by atoms with Crippen LogP contribution in [-0.2, 0) is 15.6 Å². The number of aromatic nitrogens is 1. The topological polar surface area (TPSA) is 85.1 Å². The Bertz CT molecular complexity index is 712. The molecule has 3 N–H and O–H groups in total. The molecule has 0 radical (unpaired) electrons. The molecule has 0 aliphatic rings. The highest BCUT2D eigenvalue weighted by atomic mass is 79.9. The highest BCUT2D eigenvalue weighted by Crippen LogP contribution is 2.27. The summed E-state index contributed by atoms with van der Waals surface area (Å²) < 4.78 is 28.0. The first-order chi connectivity index (χ1) is 9.22. The van der Waals surface area contributed by atoms with E-state index in [2.05, 4.69) is 25.6 Å². The van der Waals surface area contributed by atoms with E-state index in [1.165, 1.54) is 23.5 Å². The molecule has 0 fully saturated rings. The lowest BCUT2D eigenvalue weighted by molar-refractivity contribution is 0.470. The Morgan fingerprint density at radius 3 is 2.65 bits per heavy atom. The average Bonchev–Trinajstić information content (AvgIpc) is 2.85. The summed E-state index contributed by atoms with van der Waals surface area (Å²) in [5.41, 5.74) is 5.38. The number of benzene rings is 1. The molecule has 0 aliphatic heterocycles. The molecule has 8 heteroatoms. The Morgan fingerprint density at radius 1 is 1.40 bits per heavy atom. The summed E-state index contributed by atoms with van der Waals surface area (Å²) in [6, 6.07) is 4.50. The third-order valence-electron chi connectivity index (χ3n) is 2.64. The molecule has 0 saturated heterocycles. The summed E-state index contributed by atoms with van der Waals surface area (Å²) in [5.74, 6) is 0. The Morgan fingerprint density at radius 2 is 2.10 bits per heavy atom. The number of nitrogens with one attached hydrogen (secondary N) is 1. The van der Waals surface area contributed by atoms with Crippen LogP contribution in [0.5, 0.6) is 0 Å². The van der Waals surface area contributed by atoms with E-state index >= 15 is 0 Å². The van der Waals surface area contributed by atoms with Crippen LogP contribution in [0.25, 0.3) is 0 Å². The van der Waals surface area contributed by atoms with Crippen molar-refractivity contribution in [1.82, 2.24) is 9.71 Å². The first kappa shape index (κ1) is 15.4. The molecule has 2 aromatic rings. The molecular formula is C12H14BrN3O2S2. The van der Waals surface area contributed by atoms with Gasteiger partial charge in [0.1, 0.15) is 5.01 Å². The molecule has 20 heavy (non-hydrogen) atoms. The lowest BCUT2D eigenvalue weighted by atomic mass is 10.1. The smallest absolute Gasteiger partial charge is 0.241 e. The minimum absolute atomic E-state index is 0.156. The lowest BCUT2D eigenvalue weighted by Gasteiger charge is -2.23. The molecule has 0 spiro atoms. The number of nitrogen functional groups attached to an aromatic ring is 1. The quantitative estimate of drug-likeness (QED) is 0.804. The average molecular weight is 376 g/mol. The number of rotatable bonds is 4. The fourth-order valence-electron chi connectivity index (χ4n) is 1.65. The third kappa shape index (κ3) is 3.20. The van der Waals surface area contributed by atoms with Gasteiger partial charge in [0.25, 0.3) is 0 Å². The van der Waals surface area contributed by atoms with Crippen molar-refractivity contribution in [2.24, 2.45) is 0 Å². The predicted molar refractivity (Wildman–Crippen MR) is 84.0 cm³/mol. The van der Waals surface area contributed by atoms with Crippen LogP contribution >= 0.6 is 27.3 Å². The minimum Gasteiger partial charge on any atom is -0.398 e. The van der Waals surface area contributed by atoms with Crippen LogP contribution in [0.4, 0.5) is 5.69 Å². The van der Waals surface area contributed by atoms with Crippen LogP contribution in [0.2, 0.25) is 0 Å². The van der Waals surface area contributed by atoms with Crippen molar-refractivity contribution in [2.75, 3.05) is 5.73 Å². The number of sulfonamides is 1. The zero-order valence-electron chi connectivity index (χ0n) is 10.9. The largest absolute Gasteiger partial charge is 0.398 e. The van der Waals surface area contributed by atoms with Crippen molar-refractivity contribution in [3.05, 3.63) is 39.3 Å². The van der Waals surface area contributed by atoms with Crippen molar-refractivity contribution >= 4 is 43.0 Å². The Hall–Kier alpha value is -0.960. The zero-order chi connectivity index (χ0) is 15.0. The molecular weight excluding hydrogens is 362 g/mol. The Labute approximate surface area is 130 Å². The molecule has 0 unspecified atom stereocenters. The van der Waals surface area contributed by atoms with Crippen molar-refractivity contribution in [3.63, 3.8) is 0 Å². The molecule has 0 amide bonds. The third-order valence-corrected chi connectivity index (χ3v) is 6.08. The number of nitrogens with zero attached hydrogens (tertiary/aromatic N) is 1. The zero-order valence-corrected chi connectivity index (χ0v) is 14.1. The van der Waals surface area contributed by atoms with Crippen molar-refractivity contribution in [1.29, 1.82) is 0 Å². The van der Waals surface area contributed by atoms with E-state index in [0.717, 1.165) is 0 Å². The molecule has 1 aromatic heterocycles. The minimum atomic E-state index is -3.65. The summed E-state index contributed by atoms with van der Waals surface area (Å²) in [4.78, 5) is 4.32. The number of hydrogen-bond donors (Lipinski definition) is 2. The van der Waals surface area contributed by atoms with Gasteiger partial charge in [0.2, 0.25) is 10.0 Å². The summed E-state index contributed by atoms with van der Waals surface area (Å²) in [7, 11) is -3.65. The van der Waals surface area contributed by atoms with Crippen LogP contribution in [0.1, 0.15) is 18.9 Å². The van der Waals surface area contributed by atoms with E-state index < -0.39 is 15.6 Å². The summed E-state index contributed by atoms with van der Waals surface area (Å²) in [6.45, 7) is 3.55. The van der Waals surface area contributed by atoms with E-state index in [1.54, 1.807) is 26.1 Å². The molecule has 2 rings (SSSR count). The van der Waals surface area contributed by atoms with Crippen LogP contribution in [0.3, 0.4) is 0 Å². The van der Waals surface area contributed by atoms with Crippen molar-refractivity contribution in [3.8, 4) is 0 Å². The summed E-state index contributed by atoms with van der Waals surface area (Å²) in [6.07, 6.45) is 1.65. The molecule has 0 aliphatic carbocycles. The second-order valence-corrected chi connectivity index (χ2v) is 8.18. The van der Waals surface area contributed by atoms with Gasteiger partial charge in [-0.1, -0.05) is 0 Å². The number of thiazole rings is 1. The van der Waals surface area contributed by atoms with E-state index in [1.807, 2.05) is 5.38 Å². The van der Waals surface area contributed by atoms with Gasteiger partial charge in [0.15, 0.2) is 0 Å². The van der Waals surface area contributed by atoms with E-state index in [4.69, 9.17) is 5.73 Å². The number of hydrogen-bond acceptors (Lipinski definition) is 5. The van der Waals surface area contributed by atoms with Gasteiger partial charge >= 0.3 is 0 Å². The van der Waals surface area contributed by atoms with Gasteiger partial charge in [-0.3, -0.25) is 0 Å². The van der Waals surface area contributed by atoms with Crippen LogP contribution in [0.15, 0.2) is 39.1 Å². The van der Waals surface area contributed by atoms with E-state index in [-0.39, 0.29) is 4.90 Å². The van der Waals surface area contributed by atoms with Gasteiger partial charge in [-0.15, -0.1) is 11.3 Å². The second kappa shape index (κ2) is 5.44. The molecule has 0 bridgehead atoms. The number of halogens is 1. The van der Waals surface area contributed by atoms with E-state index in [9.17, 15) is 8.42 Å². The van der Waals surface area contributed by atoms with Crippen LogP contribution < -0.4 is 10.5 Å². The normalized spacial score (nSPS) is 12.6. The summed E-state index contributed by atoms with van der Waals surface area (Å²) >= 11 is 4.63. The molecule has 108 valence electrons. The number of nitrogens with two attached hydrogens (primary N) is 1. The standard InChI is InChI=1S/C12H14BrN3O2S2/c1-12(2,11-15-5-6-19-11)16-20(17,18)8-3-4-10(14)9(13)7-8/h3-7,16H,14H2,1-2H3. The maximum atomic E-state index is 12.4. The van der Waals surface area contributed by atoms with Gasteiger partial charge < -0.3 is 5.73 Å². The predicted octanol–water partition coefficient (Wildman–Crippen LogP) is 2.70. The first-order valence-corrected chi connectivity index (χ1v) is 8.87. The molecule has 1 heterocycles. The van der Waals surface area contributed by atoms with Crippen molar-refractivity contribution < 1.29 is 8.42 Å². The highest BCUT2D eigenvalue weighted by Gasteiger charge is 2.30. The monoisotopic (exact) mass is 375 g/mol. The van der Waals surface area contributed by atoms with Crippen molar-refractivity contribution in [2.45, 2.75) is 24.3 Å². The maximum absolute atomic E-state index is 12.4. The molecule has 0 atom stereocenters. The highest BCUT2D eigenvalue weighted by molar-refractivity contribution is 9.10. The molecule has 5 nitrogen and oxygen atoms in total. The van der Waals surface area contributed by atoms with Gasteiger partial charge in [0.05, 0.1) is 10.4 Å². The maximum Gasteiger partial charge on any atom is 0.241 e. The molecule has 0 saturated carbocycles. The van der Waals surface area contributed by atoms with E-state index in [0.29, 0.717) is 15.2 Å². The first-order valence-electron chi connectivity index (χ1n) is 5.71. The van der Waals surface area contributed by atoms with Gasteiger partial charge in [0, 0.05) is 21.7 Å². The van der Waals surface area contributed by atoms with Gasteiger partial charge in [-0.05, 0) is 48.0 Å². The second-order valence-electron chi connectivity index (χ2n) is 4.75. The van der Waals surface area contributed by atoms with Crippen LogP contribution in [-0.4, -0.2) is 13.4 Å². The summed E-state index contributed by atoms with van der Waals surface area (Å²) in [5, 5.41) is 2.51. The fourth-order valence-corrected chi connectivity index (χ4v) is 4.37. The molecule has 1 aromatic carbocycles. The Kier molecular flexibility index (Phi) is 4.19. The van der Waals surface area contributed by atoms with Gasteiger partial charge in [-0.25, -0.2) is 13.4 Å². The lowest BCUT2D eigenvalue weighted by Crippen LogP contribution is -2.40. The van der Waals surface area contributed by atoms with Crippen LogP contribution in [0, 0.1) is 0 Å². The fraction of sp³-hybridized carbons (Fsp3) is 0.250. The Balaban J connectivity index is 2.34. The van der Waals surface area contributed by atoms with Gasteiger partial charge in [-0.2, -0.15) is 4.72 Å². The SMILES string of the molecule is CC(C)(NS(=O)(=O)c1ccc(N)c(Br)c1)c1nccs1. The number of anilines is 1.